The van der Waals surface area contributed by atoms with Gasteiger partial charge >= 0.3 is 0 Å². The molecular formula is C22H25N3O5S. The zero-order chi connectivity index (χ0) is 22.0. The van der Waals surface area contributed by atoms with Gasteiger partial charge in [-0.15, -0.1) is 0 Å². The molecular weight excluding hydrogens is 418 g/mol. The van der Waals surface area contributed by atoms with Crippen LogP contribution in [0.5, 0.6) is 11.5 Å². The van der Waals surface area contributed by atoms with E-state index in [1.807, 2.05) is 32.0 Å². The van der Waals surface area contributed by atoms with Crippen LogP contribution < -0.4 is 19.5 Å². The third-order valence-electron chi connectivity index (χ3n) is 5.15. The number of sulfonamides is 1. The van der Waals surface area contributed by atoms with Gasteiger partial charge in [-0.1, -0.05) is 32.0 Å². The van der Waals surface area contributed by atoms with Gasteiger partial charge < -0.3 is 14.8 Å². The number of carbonyl (C=O) groups is 1. The van der Waals surface area contributed by atoms with Crippen LogP contribution in [0.3, 0.4) is 0 Å². The number of fused-ring (bicyclic) bond motifs is 2. The summed E-state index contributed by atoms with van der Waals surface area (Å²) in [6.45, 7) is 5.25. The maximum atomic E-state index is 12.8. The smallest absolute Gasteiger partial charge is 0.263 e. The maximum absolute atomic E-state index is 12.8. The highest BCUT2D eigenvalue weighted by Crippen LogP contribution is 2.30. The molecule has 0 radical (unpaired) electrons. The van der Waals surface area contributed by atoms with E-state index in [2.05, 4.69) is 15.0 Å². The Kier molecular flexibility index (Phi) is 5.86. The van der Waals surface area contributed by atoms with Gasteiger partial charge in [0.25, 0.3) is 10.0 Å². The molecule has 1 amide bonds. The number of nitrogens with one attached hydrogen (secondary N) is 2. The highest BCUT2D eigenvalue weighted by molar-refractivity contribution is 7.90. The molecule has 0 spiro atoms. The lowest BCUT2D eigenvalue weighted by Gasteiger charge is -2.19. The number of amides is 1. The molecule has 0 fully saturated rings. The first kappa shape index (κ1) is 21.2. The molecule has 2 aliphatic rings. The summed E-state index contributed by atoms with van der Waals surface area (Å²) in [6.07, 6.45) is 0.624. The minimum Gasteiger partial charge on any atom is -0.486 e. The number of hydrogen-bond donors (Lipinski definition) is 2. The van der Waals surface area contributed by atoms with Gasteiger partial charge in [-0.3, -0.25) is 14.5 Å². The van der Waals surface area contributed by atoms with E-state index < -0.39 is 16.1 Å². The summed E-state index contributed by atoms with van der Waals surface area (Å²) in [7, 11) is -3.65. The molecule has 0 saturated heterocycles. The monoisotopic (exact) mass is 443 g/mol. The van der Waals surface area contributed by atoms with Gasteiger partial charge in [0.05, 0.1) is 4.90 Å². The van der Waals surface area contributed by atoms with Crippen molar-refractivity contribution in [2.75, 3.05) is 19.8 Å². The second-order valence-electron chi connectivity index (χ2n) is 7.79. The van der Waals surface area contributed by atoms with E-state index in [0.29, 0.717) is 37.5 Å². The molecule has 0 bridgehead atoms. The molecule has 0 unspecified atom stereocenters. The zero-order valence-corrected chi connectivity index (χ0v) is 18.2. The van der Waals surface area contributed by atoms with Crippen LogP contribution in [0.4, 0.5) is 0 Å². The molecule has 2 aromatic carbocycles. The van der Waals surface area contributed by atoms with Gasteiger partial charge in [-0.2, -0.15) is 0 Å². The van der Waals surface area contributed by atoms with E-state index >= 15 is 0 Å². The van der Waals surface area contributed by atoms with Crippen molar-refractivity contribution in [3.05, 3.63) is 53.6 Å². The lowest BCUT2D eigenvalue weighted by atomic mass is 10.0. The van der Waals surface area contributed by atoms with E-state index in [4.69, 9.17) is 9.47 Å². The Morgan fingerprint density at radius 1 is 1.13 bits per heavy atom. The number of rotatable bonds is 6. The predicted octanol–water partition coefficient (Wildman–Crippen LogP) is 1.88. The number of amidine groups is 1. The quantitative estimate of drug-likeness (QED) is 0.709. The van der Waals surface area contributed by atoms with Crippen LogP contribution in [0.25, 0.3) is 0 Å². The highest BCUT2D eigenvalue weighted by atomic mass is 32.2. The Hall–Kier alpha value is -3.07. The second-order valence-corrected chi connectivity index (χ2v) is 9.44. The molecule has 2 aromatic rings. The van der Waals surface area contributed by atoms with Crippen molar-refractivity contribution >= 4 is 21.8 Å². The minimum absolute atomic E-state index is 0.112. The largest absolute Gasteiger partial charge is 0.486 e. The standard InChI is InChI=1S/C22H25N3O5S/c1-14(2)20(24-21-16-5-3-4-6-19(16)31(27,28)25-21)22(26)23-10-9-15-7-8-17-18(13-15)30-12-11-29-17/h3-8,13-14,20H,9-12H2,1-2H3,(H,23,26)(H,24,25)/t20-/m1/s1. The second kappa shape index (κ2) is 8.58. The van der Waals surface area contributed by atoms with E-state index in [0.717, 1.165) is 11.3 Å². The summed E-state index contributed by atoms with van der Waals surface area (Å²) in [5.41, 5.74) is 1.51. The number of carbonyl (C=O) groups excluding carboxylic acids is 1. The Bertz CT molecular complexity index is 1130. The van der Waals surface area contributed by atoms with Crippen molar-refractivity contribution in [3.63, 3.8) is 0 Å². The molecule has 0 saturated carbocycles. The average Bonchev–Trinajstić information content (AvgIpc) is 3.02. The fourth-order valence-electron chi connectivity index (χ4n) is 3.56. The fraction of sp³-hybridized carbons (Fsp3) is 0.364. The molecule has 0 aliphatic carbocycles. The molecule has 8 nitrogen and oxygen atoms in total. The topological polar surface area (TPSA) is 106 Å². The Balaban J connectivity index is 1.43. The third-order valence-corrected chi connectivity index (χ3v) is 6.55. The van der Waals surface area contributed by atoms with Crippen LogP contribution in [-0.4, -0.2) is 46.0 Å². The normalized spacial score (nSPS) is 18.4. The number of benzene rings is 2. The zero-order valence-electron chi connectivity index (χ0n) is 17.4. The average molecular weight is 444 g/mol. The molecule has 9 heteroatoms. The predicted molar refractivity (Wildman–Crippen MR) is 116 cm³/mol. The van der Waals surface area contributed by atoms with Gasteiger partial charge in [0.2, 0.25) is 5.91 Å². The SMILES string of the molecule is CC(C)[C@@H](N=C1NS(=O)(=O)c2ccccc21)C(=O)NCCc1ccc2c(c1)OCCO2. The van der Waals surface area contributed by atoms with Crippen molar-refractivity contribution in [1.82, 2.24) is 10.0 Å². The molecule has 2 heterocycles. The number of nitrogens with zero attached hydrogens (tertiary/aromatic N) is 1. The van der Waals surface area contributed by atoms with Crippen LogP contribution in [0.1, 0.15) is 25.0 Å². The van der Waals surface area contributed by atoms with E-state index in [1.165, 1.54) is 6.07 Å². The molecule has 1 atom stereocenters. The minimum atomic E-state index is -3.65. The third kappa shape index (κ3) is 4.51. The number of hydrogen-bond acceptors (Lipinski definition) is 6. The van der Waals surface area contributed by atoms with E-state index in [-0.39, 0.29) is 22.6 Å². The van der Waals surface area contributed by atoms with Crippen LogP contribution in [-0.2, 0) is 21.2 Å². The Morgan fingerprint density at radius 2 is 1.87 bits per heavy atom. The van der Waals surface area contributed by atoms with Gasteiger partial charge in [0, 0.05) is 12.1 Å². The van der Waals surface area contributed by atoms with Crippen molar-refractivity contribution in [1.29, 1.82) is 0 Å². The first-order valence-corrected chi connectivity index (χ1v) is 11.7. The summed E-state index contributed by atoms with van der Waals surface area (Å²) in [4.78, 5) is 17.5. The Labute approximate surface area is 181 Å². The van der Waals surface area contributed by atoms with Crippen molar-refractivity contribution in [2.24, 2.45) is 10.9 Å². The van der Waals surface area contributed by atoms with Gasteiger partial charge in [-0.05, 0) is 42.2 Å². The highest BCUT2D eigenvalue weighted by Gasteiger charge is 2.32. The van der Waals surface area contributed by atoms with Crippen molar-refractivity contribution in [3.8, 4) is 11.5 Å². The van der Waals surface area contributed by atoms with E-state index in [9.17, 15) is 13.2 Å². The van der Waals surface area contributed by atoms with E-state index in [1.54, 1.807) is 18.2 Å². The maximum Gasteiger partial charge on any atom is 0.263 e. The molecule has 31 heavy (non-hydrogen) atoms. The lowest BCUT2D eigenvalue weighted by Crippen LogP contribution is -2.39. The molecule has 2 aliphatic heterocycles. The first-order chi connectivity index (χ1) is 14.8. The Morgan fingerprint density at radius 3 is 2.65 bits per heavy atom. The number of aliphatic imine (C=N–C) groups is 1. The summed E-state index contributed by atoms with van der Waals surface area (Å²) >= 11 is 0. The van der Waals surface area contributed by atoms with Crippen LogP contribution in [0.15, 0.2) is 52.4 Å². The molecule has 4 rings (SSSR count). The summed E-state index contributed by atoms with van der Waals surface area (Å²) in [5, 5.41) is 2.92. The van der Waals surface area contributed by atoms with Crippen LogP contribution in [0.2, 0.25) is 0 Å². The summed E-state index contributed by atoms with van der Waals surface area (Å²) in [5.74, 6) is 1.29. The lowest BCUT2D eigenvalue weighted by molar-refractivity contribution is -0.123. The molecule has 2 N–H and O–H groups in total. The number of ether oxygens (including phenoxy) is 2. The fourth-order valence-corrected chi connectivity index (χ4v) is 4.80. The van der Waals surface area contributed by atoms with Gasteiger partial charge in [0.1, 0.15) is 25.1 Å². The van der Waals surface area contributed by atoms with Gasteiger partial charge in [-0.25, -0.2) is 8.42 Å². The summed E-state index contributed by atoms with van der Waals surface area (Å²) in [6, 6.07) is 11.6. The van der Waals surface area contributed by atoms with Crippen LogP contribution in [0, 0.1) is 5.92 Å². The van der Waals surface area contributed by atoms with Crippen molar-refractivity contribution < 1.29 is 22.7 Å². The summed E-state index contributed by atoms with van der Waals surface area (Å²) < 4.78 is 38.2. The van der Waals surface area contributed by atoms with Gasteiger partial charge in [0.15, 0.2) is 11.5 Å². The molecule has 164 valence electrons. The molecule has 0 aromatic heterocycles. The van der Waals surface area contributed by atoms with Crippen LogP contribution >= 0.6 is 0 Å². The van der Waals surface area contributed by atoms with Crippen molar-refractivity contribution in [2.45, 2.75) is 31.2 Å². The first-order valence-electron chi connectivity index (χ1n) is 10.2.